The second kappa shape index (κ2) is 9.45. The highest BCUT2D eigenvalue weighted by Gasteiger charge is 2.35. The first-order valence-corrected chi connectivity index (χ1v) is 9.78. The third-order valence-electron chi connectivity index (χ3n) is 5.13. The molecule has 0 aliphatic carbocycles. The second-order valence-corrected chi connectivity index (χ2v) is 7.24. The minimum Gasteiger partial charge on any atom is -0.291 e. The number of benzene rings is 3. The predicted molar refractivity (Wildman–Crippen MR) is 115 cm³/mol. The van der Waals surface area contributed by atoms with Gasteiger partial charge < -0.3 is 0 Å². The van der Waals surface area contributed by atoms with E-state index in [0.717, 1.165) is 19.3 Å². The molecular formula is C24H25NOS. The van der Waals surface area contributed by atoms with Crippen molar-refractivity contribution in [3.8, 4) is 0 Å². The van der Waals surface area contributed by atoms with Crippen LogP contribution in [0.3, 0.4) is 0 Å². The summed E-state index contributed by atoms with van der Waals surface area (Å²) in [4.78, 5) is 0.500. The van der Waals surface area contributed by atoms with E-state index in [1.54, 1.807) is 0 Å². The zero-order valence-electron chi connectivity index (χ0n) is 15.3. The smallest absolute Gasteiger partial charge is 0.100 e. The molecule has 138 valence electrons. The summed E-state index contributed by atoms with van der Waals surface area (Å²) in [6.07, 6.45) is 3.60. The lowest BCUT2D eigenvalue weighted by Gasteiger charge is -2.36. The van der Waals surface area contributed by atoms with Crippen LogP contribution in [0, 0.1) is 0 Å². The van der Waals surface area contributed by atoms with Gasteiger partial charge in [-0.25, -0.2) is 0 Å². The summed E-state index contributed by atoms with van der Waals surface area (Å²) in [5, 5.41) is 8.94. The molecule has 0 fully saturated rings. The summed E-state index contributed by atoms with van der Waals surface area (Å²) < 4.78 is 0. The first-order valence-electron chi connectivity index (χ1n) is 9.37. The normalized spacial score (nSPS) is 11.1. The zero-order chi connectivity index (χ0) is 19.0. The van der Waals surface area contributed by atoms with Crippen molar-refractivity contribution in [3.05, 3.63) is 108 Å². The lowest BCUT2D eigenvalue weighted by molar-refractivity contribution is 0.234. The van der Waals surface area contributed by atoms with E-state index in [1.807, 2.05) is 0 Å². The Hall–Kier alpha value is -2.49. The van der Waals surface area contributed by atoms with Crippen molar-refractivity contribution >= 4 is 17.2 Å². The molecule has 0 saturated heterocycles. The summed E-state index contributed by atoms with van der Waals surface area (Å²) in [6.45, 7) is 0. The van der Waals surface area contributed by atoms with Crippen molar-refractivity contribution in [1.29, 1.82) is 0 Å². The van der Waals surface area contributed by atoms with Gasteiger partial charge in [-0.3, -0.25) is 10.7 Å². The maximum absolute atomic E-state index is 8.94. The SMILES string of the molecule is ONC(=S)CCCCC(c1ccccc1)(c1ccccc1)c1ccccc1. The van der Waals surface area contributed by atoms with Gasteiger partial charge in [0.2, 0.25) is 0 Å². The first-order chi connectivity index (χ1) is 13.3. The molecule has 0 saturated carbocycles. The van der Waals surface area contributed by atoms with E-state index in [-0.39, 0.29) is 5.41 Å². The van der Waals surface area contributed by atoms with Gasteiger partial charge in [-0.1, -0.05) is 110 Å². The van der Waals surface area contributed by atoms with Crippen molar-refractivity contribution in [1.82, 2.24) is 5.48 Å². The van der Waals surface area contributed by atoms with Crippen LogP contribution < -0.4 is 5.48 Å². The number of rotatable bonds is 8. The Morgan fingerprint density at radius 2 is 1.11 bits per heavy atom. The number of unbranched alkanes of at least 4 members (excludes halogenated alkanes) is 1. The van der Waals surface area contributed by atoms with Gasteiger partial charge in [0.15, 0.2) is 0 Å². The molecule has 0 aliphatic rings. The van der Waals surface area contributed by atoms with Gasteiger partial charge in [0.05, 0.1) is 0 Å². The maximum atomic E-state index is 8.94. The molecule has 27 heavy (non-hydrogen) atoms. The van der Waals surface area contributed by atoms with Gasteiger partial charge in [-0.15, -0.1) is 0 Å². The average molecular weight is 376 g/mol. The van der Waals surface area contributed by atoms with Crippen LogP contribution in [-0.4, -0.2) is 10.2 Å². The zero-order valence-corrected chi connectivity index (χ0v) is 16.2. The van der Waals surface area contributed by atoms with Crippen LogP contribution in [0.25, 0.3) is 0 Å². The number of hydroxylamine groups is 1. The molecule has 3 heteroatoms. The second-order valence-electron chi connectivity index (χ2n) is 6.75. The van der Waals surface area contributed by atoms with Crippen LogP contribution >= 0.6 is 12.2 Å². The summed E-state index contributed by atoms with van der Waals surface area (Å²) in [5.74, 6) is 0. The summed E-state index contributed by atoms with van der Waals surface area (Å²) in [6, 6.07) is 32.2. The number of thiocarbonyl (C=S) groups is 1. The molecule has 0 spiro atoms. The summed E-state index contributed by atoms with van der Waals surface area (Å²) in [5.41, 5.74) is 5.77. The molecule has 3 aromatic carbocycles. The van der Waals surface area contributed by atoms with Crippen molar-refractivity contribution < 1.29 is 5.21 Å². The molecule has 0 aromatic heterocycles. The maximum Gasteiger partial charge on any atom is 0.100 e. The molecule has 2 N–H and O–H groups in total. The number of hydrogen-bond donors (Lipinski definition) is 2. The van der Waals surface area contributed by atoms with Gasteiger partial charge in [-0.05, 0) is 36.0 Å². The van der Waals surface area contributed by atoms with Crippen LogP contribution in [0.2, 0.25) is 0 Å². The quantitative estimate of drug-likeness (QED) is 0.223. The Labute approximate surface area is 166 Å². The standard InChI is InChI=1S/C24H25NOS/c26-25-23(27)18-10-11-19-24(20-12-4-1-5-13-20,21-14-6-2-7-15-21)22-16-8-3-9-17-22/h1-9,12-17,26H,10-11,18-19H2,(H,25,27). The highest BCUT2D eigenvalue weighted by Crippen LogP contribution is 2.43. The van der Waals surface area contributed by atoms with Crippen molar-refractivity contribution in [3.63, 3.8) is 0 Å². The Kier molecular flexibility index (Phi) is 6.74. The lowest BCUT2D eigenvalue weighted by Crippen LogP contribution is -2.29. The highest BCUT2D eigenvalue weighted by atomic mass is 32.1. The van der Waals surface area contributed by atoms with E-state index in [4.69, 9.17) is 17.4 Å². The predicted octanol–water partition coefficient (Wildman–Crippen LogP) is 5.89. The Morgan fingerprint density at radius 1 is 0.704 bits per heavy atom. The molecule has 3 rings (SSSR count). The van der Waals surface area contributed by atoms with E-state index in [2.05, 4.69) is 96.5 Å². The van der Waals surface area contributed by atoms with Gasteiger partial charge >= 0.3 is 0 Å². The number of hydrogen-bond acceptors (Lipinski definition) is 2. The summed E-state index contributed by atoms with van der Waals surface area (Å²) >= 11 is 5.08. The monoisotopic (exact) mass is 375 g/mol. The van der Waals surface area contributed by atoms with Crippen molar-refractivity contribution in [2.75, 3.05) is 0 Å². The Balaban J connectivity index is 2.04. The minimum atomic E-state index is -0.210. The first kappa shape index (κ1) is 19.3. The van der Waals surface area contributed by atoms with Crippen LogP contribution in [-0.2, 0) is 5.41 Å². The van der Waals surface area contributed by atoms with Crippen LogP contribution in [0.5, 0.6) is 0 Å². The van der Waals surface area contributed by atoms with Gasteiger partial charge in [-0.2, -0.15) is 0 Å². The van der Waals surface area contributed by atoms with Crippen molar-refractivity contribution in [2.45, 2.75) is 31.1 Å². The molecule has 0 atom stereocenters. The lowest BCUT2D eigenvalue weighted by atomic mass is 9.66. The molecular weight excluding hydrogens is 350 g/mol. The van der Waals surface area contributed by atoms with Crippen molar-refractivity contribution in [2.24, 2.45) is 0 Å². The Bertz CT molecular complexity index is 737. The third kappa shape index (κ3) is 4.44. The molecule has 0 bridgehead atoms. The summed E-state index contributed by atoms with van der Waals surface area (Å²) in [7, 11) is 0. The fourth-order valence-corrected chi connectivity index (χ4v) is 3.98. The van der Waals surface area contributed by atoms with Gasteiger partial charge in [0.1, 0.15) is 4.99 Å². The molecule has 0 heterocycles. The van der Waals surface area contributed by atoms with E-state index in [9.17, 15) is 0 Å². The van der Waals surface area contributed by atoms with E-state index >= 15 is 0 Å². The largest absolute Gasteiger partial charge is 0.291 e. The minimum absolute atomic E-state index is 0.210. The fraction of sp³-hybridized carbons (Fsp3) is 0.208. The molecule has 3 aromatic rings. The third-order valence-corrected chi connectivity index (χ3v) is 5.43. The van der Waals surface area contributed by atoms with E-state index in [1.165, 1.54) is 16.7 Å². The Morgan fingerprint density at radius 3 is 1.48 bits per heavy atom. The van der Waals surface area contributed by atoms with Gasteiger partial charge in [0, 0.05) is 5.41 Å². The van der Waals surface area contributed by atoms with E-state index < -0.39 is 0 Å². The fourth-order valence-electron chi connectivity index (χ4n) is 3.83. The van der Waals surface area contributed by atoms with E-state index in [0.29, 0.717) is 11.4 Å². The number of nitrogens with one attached hydrogen (secondary N) is 1. The molecule has 0 unspecified atom stereocenters. The molecule has 2 nitrogen and oxygen atoms in total. The molecule has 0 amide bonds. The van der Waals surface area contributed by atoms with Crippen LogP contribution in [0.15, 0.2) is 91.0 Å². The van der Waals surface area contributed by atoms with Crippen LogP contribution in [0.4, 0.5) is 0 Å². The molecule has 0 aliphatic heterocycles. The van der Waals surface area contributed by atoms with Gasteiger partial charge in [0.25, 0.3) is 0 Å². The average Bonchev–Trinajstić information content (AvgIpc) is 2.75. The van der Waals surface area contributed by atoms with Crippen LogP contribution in [0.1, 0.15) is 42.4 Å². The highest BCUT2D eigenvalue weighted by molar-refractivity contribution is 7.80. The topological polar surface area (TPSA) is 32.3 Å². The molecule has 0 radical (unpaired) electrons.